The lowest BCUT2D eigenvalue weighted by Crippen LogP contribution is -2.58. The minimum absolute atomic E-state index is 0.00303. The molecule has 1 aromatic rings. The summed E-state index contributed by atoms with van der Waals surface area (Å²) in [5.41, 5.74) is 5.97. The second-order valence-corrected chi connectivity index (χ2v) is 8.28. The Labute approximate surface area is 201 Å². The highest BCUT2D eigenvalue weighted by atomic mass is 16.4. The highest BCUT2D eigenvalue weighted by molar-refractivity contribution is 5.94. The zero-order chi connectivity index (χ0) is 26.7. The maximum atomic E-state index is 12.9. The van der Waals surface area contributed by atoms with Crippen molar-refractivity contribution in [3.8, 4) is 5.75 Å². The van der Waals surface area contributed by atoms with Crippen molar-refractivity contribution >= 4 is 29.7 Å². The van der Waals surface area contributed by atoms with E-state index in [0.29, 0.717) is 5.56 Å². The van der Waals surface area contributed by atoms with Crippen LogP contribution >= 0.6 is 0 Å². The highest BCUT2D eigenvalue weighted by Crippen LogP contribution is 2.12. The number of carboxylic acids is 2. The Morgan fingerprint density at radius 3 is 1.94 bits per heavy atom. The van der Waals surface area contributed by atoms with Gasteiger partial charge in [0.2, 0.25) is 17.7 Å². The van der Waals surface area contributed by atoms with E-state index in [1.165, 1.54) is 24.3 Å². The summed E-state index contributed by atoms with van der Waals surface area (Å²) < 4.78 is 0. The lowest BCUT2D eigenvalue weighted by atomic mass is 10.00. The van der Waals surface area contributed by atoms with Gasteiger partial charge in [-0.3, -0.25) is 19.2 Å². The zero-order valence-electron chi connectivity index (χ0n) is 19.4. The minimum atomic E-state index is -1.36. The number of hydrogen-bond acceptors (Lipinski definition) is 8. The van der Waals surface area contributed by atoms with E-state index in [9.17, 15) is 34.2 Å². The van der Waals surface area contributed by atoms with Crippen LogP contribution < -0.4 is 21.7 Å². The van der Waals surface area contributed by atoms with Gasteiger partial charge in [0.25, 0.3) is 0 Å². The number of phenols is 1. The molecule has 194 valence electrons. The van der Waals surface area contributed by atoms with E-state index in [1.807, 2.05) is 0 Å². The Bertz CT molecular complexity index is 905. The molecule has 0 aliphatic heterocycles. The normalized spacial score (nSPS) is 14.3. The van der Waals surface area contributed by atoms with Gasteiger partial charge in [-0.2, -0.15) is 0 Å². The van der Waals surface area contributed by atoms with Crippen LogP contribution in [0, 0.1) is 5.92 Å². The fourth-order valence-corrected chi connectivity index (χ4v) is 3.02. The first kappa shape index (κ1) is 29.3. The van der Waals surface area contributed by atoms with E-state index < -0.39 is 72.8 Å². The van der Waals surface area contributed by atoms with E-state index >= 15 is 0 Å². The Balaban J connectivity index is 2.98. The number of benzene rings is 1. The third-order valence-electron chi connectivity index (χ3n) is 5.05. The molecular weight excluding hydrogens is 464 g/mol. The van der Waals surface area contributed by atoms with Crippen LogP contribution in [0.2, 0.25) is 0 Å². The topological polar surface area (TPSA) is 228 Å². The summed E-state index contributed by atoms with van der Waals surface area (Å²) >= 11 is 0. The quantitative estimate of drug-likeness (QED) is 0.146. The monoisotopic (exact) mass is 496 g/mol. The van der Waals surface area contributed by atoms with Crippen molar-refractivity contribution in [3.63, 3.8) is 0 Å². The summed E-state index contributed by atoms with van der Waals surface area (Å²) in [5, 5.41) is 43.9. The van der Waals surface area contributed by atoms with Crippen LogP contribution in [-0.4, -0.2) is 80.9 Å². The van der Waals surface area contributed by atoms with E-state index in [-0.39, 0.29) is 18.6 Å². The molecule has 13 heteroatoms. The number of carboxylic acid groups (broad SMARTS) is 2. The first-order chi connectivity index (χ1) is 16.3. The summed E-state index contributed by atoms with van der Waals surface area (Å²) in [6, 6.07) is 0.518. The number of aliphatic hydroxyl groups is 1. The van der Waals surface area contributed by atoms with E-state index in [0.717, 1.165) is 0 Å². The summed E-state index contributed by atoms with van der Waals surface area (Å²) in [7, 11) is 0. The first-order valence-electron chi connectivity index (χ1n) is 10.9. The molecule has 0 bridgehead atoms. The molecule has 35 heavy (non-hydrogen) atoms. The Hall–Kier alpha value is -3.71. The lowest BCUT2D eigenvalue weighted by molar-refractivity contribution is -0.142. The van der Waals surface area contributed by atoms with Gasteiger partial charge in [0.1, 0.15) is 29.9 Å². The van der Waals surface area contributed by atoms with Crippen molar-refractivity contribution in [2.45, 2.75) is 57.3 Å². The number of aromatic hydroxyl groups is 1. The largest absolute Gasteiger partial charge is 0.508 e. The third-order valence-corrected chi connectivity index (χ3v) is 5.05. The van der Waals surface area contributed by atoms with Crippen molar-refractivity contribution in [1.82, 2.24) is 16.0 Å². The van der Waals surface area contributed by atoms with Crippen molar-refractivity contribution in [2.75, 3.05) is 6.61 Å². The molecule has 0 saturated heterocycles. The molecule has 0 aliphatic rings. The number of aliphatic hydroxyl groups excluding tert-OH is 1. The van der Waals surface area contributed by atoms with Gasteiger partial charge in [-0.25, -0.2) is 4.79 Å². The summed E-state index contributed by atoms with van der Waals surface area (Å²) in [6.07, 6.45) is -0.870. The molecule has 0 aliphatic carbocycles. The highest BCUT2D eigenvalue weighted by Gasteiger charge is 2.32. The molecule has 13 nitrogen and oxygen atoms in total. The van der Waals surface area contributed by atoms with Crippen molar-refractivity contribution < 1.29 is 44.4 Å². The maximum absolute atomic E-state index is 12.9. The van der Waals surface area contributed by atoms with Gasteiger partial charge < -0.3 is 42.1 Å². The average Bonchev–Trinajstić information content (AvgIpc) is 2.79. The summed E-state index contributed by atoms with van der Waals surface area (Å²) in [5.74, 6) is -5.60. The molecule has 1 aromatic carbocycles. The van der Waals surface area contributed by atoms with Crippen LogP contribution in [0.25, 0.3) is 0 Å². The Morgan fingerprint density at radius 1 is 0.886 bits per heavy atom. The molecule has 0 saturated carbocycles. The Kier molecular flexibility index (Phi) is 11.6. The second-order valence-electron chi connectivity index (χ2n) is 8.28. The molecule has 3 amide bonds. The van der Waals surface area contributed by atoms with Crippen LogP contribution in [-0.2, 0) is 30.4 Å². The predicted molar refractivity (Wildman–Crippen MR) is 122 cm³/mol. The van der Waals surface area contributed by atoms with Crippen LogP contribution in [0.15, 0.2) is 24.3 Å². The van der Waals surface area contributed by atoms with Crippen LogP contribution in [0.1, 0.15) is 32.3 Å². The minimum Gasteiger partial charge on any atom is -0.508 e. The number of rotatable bonds is 14. The number of carbonyl (C=O) groups excluding carboxylic acids is 3. The molecule has 0 unspecified atom stereocenters. The fraction of sp³-hybridized carbons (Fsp3) is 0.500. The summed E-state index contributed by atoms with van der Waals surface area (Å²) in [4.78, 5) is 60.4. The van der Waals surface area contributed by atoms with Gasteiger partial charge in [0, 0.05) is 12.8 Å². The number of phenolic OH excluding ortho intramolecular Hbond substituents is 1. The fourth-order valence-electron chi connectivity index (χ4n) is 3.02. The van der Waals surface area contributed by atoms with Gasteiger partial charge in [-0.15, -0.1) is 0 Å². The van der Waals surface area contributed by atoms with Crippen molar-refractivity contribution in [3.05, 3.63) is 29.8 Å². The molecule has 0 heterocycles. The zero-order valence-corrected chi connectivity index (χ0v) is 19.4. The van der Waals surface area contributed by atoms with Gasteiger partial charge >= 0.3 is 11.9 Å². The summed E-state index contributed by atoms with van der Waals surface area (Å²) in [6.45, 7) is 2.51. The van der Waals surface area contributed by atoms with E-state index in [1.54, 1.807) is 13.8 Å². The van der Waals surface area contributed by atoms with E-state index in [4.69, 9.17) is 15.9 Å². The van der Waals surface area contributed by atoms with E-state index in [2.05, 4.69) is 16.0 Å². The first-order valence-corrected chi connectivity index (χ1v) is 10.9. The number of amides is 3. The van der Waals surface area contributed by atoms with Crippen LogP contribution in [0.3, 0.4) is 0 Å². The number of nitrogens with one attached hydrogen (secondary N) is 3. The van der Waals surface area contributed by atoms with Crippen LogP contribution in [0.5, 0.6) is 5.75 Å². The third kappa shape index (κ3) is 9.98. The molecule has 9 N–H and O–H groups in total. The molecular formula is C22H32N4O9. The smallest absolute Gasteiger partial charge is 0.326 e. The van der Waals surface area contributed by atoms with Gasteiger partial charge in [0.15, 0.2) is 0 Å². The molecule has 4 atom stereocenters. The Morgan fingerprint density at radius 2 is 1.46 bits per heavy atom. The number of nitrogens with two attached hydrogens (primary N) is 1. The van der Waals surface area contributed by atoms with Gasteiger partial charge in [-0.1, -0.05) is 26.0 Å². The SMILES string of the molecule is CC(C)[C@H](NC(=O)[C@H](CCC(=O)O)NC(=O)[C@@H](N)CO)C(=O)N[C@@H](Cc1ccc(O)cc1)C(=O)O. The molecule has 1 rings (SSSR count). The standard InChI is InChI=1S/C22H32N4O9/c1-11(2)18(21(33)25-16(22(34)35)9-12-3-5-13(28)6-4-12)26-20(32)15(7-8-17(29)30)24-19(31)14(23)10-27/h3-6,11,14-16,18,27-28H,7-10,23H2,1-2H3,(H,24,31)(H,25,33)(H,26,32)(H,29,30)(H,34,35)/t14-,15-,16-,18-/m0/s1. The number of carbonyl (C=O) groups is 5. The maximum Gasteiger partial charge on any atom is 0.326 e. The molecule has 0 radical (unpaired) electrons. The molecule has 0 aromatic heterocycles. The van der Waals surface area contributed by atoms with Gasteiger partial charge in [-0.05, 0) is 30.0 Å². The number of hydrogen-bond donors (Lipinski definition) is 8. The second kappa shape index (κ2) is 13.9. The predicted octanol–water partition coefficient (Wildman–Crippen LogP) is -1.69. The van der Waals surface area contributed by atoms with Gasteiger partial charge in [0.05, 0.1) is 6.61 Å². The molecule has 0 fully saturated rings. The van der Waals surface area contributed by atoms with Crippen molar-refractivity contribution in [2.24, 2.45) is 11.7 Å². The van der Waals surface area contributed by atoms with Crippen molar-refractivity contribution in [1.29, 1.82) is 0 Å². The number of aliphatic carboxylic acids is 2. The lowest BCUT2D eigenvalue weighted by Gasteiger charge is -2.27. The average molecular weight is 497 g/mol. The van der Waals surface area contributed by atoms with Crippen LogP contribution in [0.4, 0.5) is 0 Å². The molecule has 0 spiro atoms.